The topological polar surface area (TPSA) is 35.9 Å². The Balaban J connectivity index is 0.000000207. The normalized spacial score (nSPS) is 28.5. The van der Waals surface area contributed by atoms with Gasteiger partial charge in [0.2, 0.25) is 0 Å². The van der Waals surface area contributed by atoms with Gasteiger partial charge in [-0.05, 0) is 71.7 Å². The fourth-order valence-corrected chi connectivity index (χ4v) is 6.60. The summed E-state index contributed by atoms with van der Waals surface area (Å²) in [6, 6.07) is 16.4. The van der Waals surface area contributed by atoms with E-state index < -0.39 is 31.9 Å². The van der Waals surface area contributed by atoms with Crippen LogP contribution in [0.5, 0.6) is 0 Å². The van der Waals surface area contributed by atoms with Crippen molar-refractivity contribution >= 4 is 0 Å². The van der Waals surface area contributed by atoms with Gasteiger partial charge in [0.05, 0.1) is 20.6 Å². The molecule has 1 spiro atoms. The second-order valence-corrected chi connectivity index (χ2v) is 12.0. The first-order chi connectivity index (χ1) is 21.1. The summed E-state index contributed by atoms with van der Waals surface area (Å²) in [7, 11) is 1.79. The van der Waals surface area contributed by atoms with E-state index in [1.807, 2.05) is 31.2 Å². The Hall–Kier alpha value is -1.72. The molecule has 2 aromatic carbocycles. The third-order valence-corrected chi connectivity index (χ3v) is 8.86. The summed E-state index contributed by atoms with van der Waals surface area (Å²) in [5, 5.41) is 11.1. The highest BCUT2D eigenvalue weighted by Crippen LogP contribution is 2.45. The highest BCUT2D eigenvalue weighted by molar-refractivity contribution is 5.29. The van der Waals surface area contributed by atoms with E-state index in [4.69, 9.17) is 14.3 Å². The first-order valence-corrected chi connectivity index (χ1v) is 14.4. The maximum absolute atomic E-state index is 11.1. The van der Waals surface area contributed by atoms with Gasteiger partial charge in [0, 0.05) is 31.8 Å². The number of ether oxygens (including phenoxy) is 1. The average molecular weight is 528 g/mol. The van der Waals surface area contributed by atoms with Crippen molar-refractivity contribution in [2.45, 2.75) is 101 Å². The molecule has 38 heavy (non-hydrogen) atoms. The molecule has 4 heteroatoms. The molecule has 3 aliphatic rings. The molecular weight excluding hydrogens is 468 g/mol. The minimum atomic E-state index is -2.53. The van der Waals surface area contributed by atoms with Gasteiger partial charge in [0.25, 0.3) is 0 Å². The van der Waals surface area contributed by atoms with Gasteiger partial charge in [-0.25, -0.2) is 0 Å². The van der Waals surface area contributed by atoms with Crippen LogP contribution in [-0.2, 0) is 4.74 Å². The number of rotatable bonds is 5. The van der Waals surface area contributed by atoms with E-state index in [1.54, 1.807) is 11.9 Å². The monoisotopic (exact) mass is 527 g/mol. The maximum Gasteiger partial charge on any atom is 0.0995 e. The lowest BCUT2D eigenvalue weighted by molar-refractivity contribution is -0.161. The van der Waals surface area contributed by atoms with Crippen molar-refractivity contribution in [2.24, 2.45) is 0 Å². The SMILES string of the molecule is [2H]C([2H])([2H])N1CC(c2ccc(C)cc2)C2(CCCCC2)OC1([2H])[2H].[2H]C([2H])N(C)CC(c1ccc(C)cc1)C1(O)CCCCC1. The number of nitrogens with zero attached hydrogens (tertiary/aromatic N) is 2. The molecule has 2 aromatic rings. The predicted molar refractivity (Wildman–Crippen MR) is 159 cm³/mol. The van der Waals surface area contributed by atoms with Crippen LogP contribution in [0.1, 0.15) is 108 Å². The molecule has 4 nitrogen and oxygen atoms in total. The van der Waals surface area contributed by atoms with Crippen LogP contribution in [0, 0.1) is 13.8 Å². The predicted octanol–water partition coefficient (Wildman–Crippen LogP) is 7.04. The molecule has 5 rings (SSSR count). The number of aryl methyl sites for hydroxylation is 2. The fraction of sp³-hybridized carbons (Fsp3) is 0.647. The van der Waals surface area contributed by atoms with Crippen LogP contribution in [0.25, 0.3) is 0 Å². The zero-order valence-electron chi connectivity index (χ0n) is 30.6. The highest BCUT2D eigenvalue weighted by Gasteiger charge is 2.45. The van der Waals surface area contributed by atoms with Gasteiger partial charge in [-0.3, -0.25) is 4.90 Å². The number of hydrogen-bond acceptors (Lipinski definition) is 4. The van der Waals surface area contributed by atoms with Crippen molar-refractivity contribution in [3.05, 3.63) is 70.8 Å². The molecule has 2 atom stereocenters. The molecule has 0 bridgehead atoms. The van der Waals surface area contributed by atoms with Crippen LogP contribution in [-0.4, -0.2) is 66.9 Å². The second-order valence-electron chi connectivity index (χ2n) is 12.0. The van der Waals surface area contributed by atoms with E-state index in [-0.39, 0.29) is 18.4 Å². The minimum Gasteiger partial charge on any atom is -0.389 e. The van der Waals surface area contributed by atoms with E-state index in [0.29, 0.717) is 6.54 Å². The Morgan fingerprint density at radius 3 is 2.11 bits per heavy atom. The summed E-state index contributed by atoms with van der Waals surface area (Å²) in [4.78, 5) is 2.58. The summed E-state index contributed by atoms with van der Waals surface area (Å²) in [6.07, 6.45) is 9.62. The first kappa shape index (κ1) is 21.1. The van der Waals surface area contributed by atoms with E-state index in [1.165, 1.54) is 12.0 Å². The Labute approximate surface area is 242 Å². The maximum atomic E-state index is 11.1. The van der Waals surface area contributed by atoms with Crippen LogP contribution in [0.3, 0.4) is 0 Å². The van der Waals surface area contributed by atoms with Crippen molar-refractivity contribution in [3.8, 4) is 0 Å². The highest BCUT2D eigenvalue weighted by atomic mass is 16.5. The smallest absolute Gasteiger partial charge is 0.0995 e. The zero-order valence-corrected chi connectivity index (χ0v) is 23.6. The first-order valence-electron chi connectivity index (χ1n) is 18.1. The van der Waals surface area contributed by atoms with Gasteiger partial charge < -0.3 is 14.7 Å². The van der Waals surface area contributed by atoms with Crippen LogP contribution in [0.2, 0.25) is 0 Å². The second kappa shape index (κ2) is 13.1. The van der Waals surface area contributed by atoms with Gasteiger partial charge >= 0.3 is 0 Å². The molecule has 0 amide bonds. The molecule has 210 valence electrons. The summed E-state index contributed by atoms with van der Waals surface area (Å²) >= 11 is 0. The standard InChI is InChI=1S/C17H25NO.C17H27NO/c1-14-6-8-15(9-7-14)16-12-18(2)13-19-17(16)10-4-3-5-11-17;1-14-7-9-15(10-8-14)16(13-18(2)3)17(19)11-5-4-6-12-17/h6-9,16H,3-5,10-13H2,1-2H3;7-10,16,19H,4-6,11-13H2,1-3H3/i2D3,13D2;2D2. The Morgan fingerprint density at radius 1 is 0.947 bits per heavy atom. The Kier molecular flexibility index (Phi) is 7.26. The molecule has 0 aromatic heterocycles. The van der Waals surface area contributed by atoms with Gasteiger partial charge in [0.15, 0.2) is 0 Å². The van der Waals surface area contributed by atoms with E-state index in [9.17, 15) is 5.11 Å². The number of benzene rings is 2. The van der Waals surface area contributed by atoms with E-state index >= 15 is 0 Å². The lowest BCUT2D eigenvalue weighted by Crippen LogP contribution is -2.52. The third-order valence-electron chi connectivity index (χ3n) is 8.86. The third kappa shape index (κ3) is 7.27. The molecule has 2 aliphatic carbocycles. The van der Waals surface area contributed by atoms with Crippen LogP contribution in [0.4, 0.5) is 0 Å². The van der Waals surface area contributed by atoms with E-state index in [0.717, 1.165) is 79.4 Å². The molecule has 1 heterocycles. The summed E-state index contributed by atoms with van der Waals surface area (Å²) in [5.41, 5.74) is 3.20. The fourth-order valence-electron chi connectivity index (χ4n) is 6.60. The van der Waals surface area contributed by atoms with Crippen LogP contribution < -0.4 is 0 Å². The van der Waals surface area contributed by atoms with Crippen molar-refractivity contribution in [2.75, 3.05) is 40.8 Å². The summed E-state index contributed by atoms with van der Waals surface area (Å²) in [6.45, 7) is -1.02. The molecule has 1 N–H and O–H groups in total. The van der Waals surface area contributed by atoms with E-state index in [2.05, 4.69) is 31.2 Å². The lowest BCUT2D eigenvalue weighted by atomic mass is 9.71. The molecule has 1 saturated heterocycles. The molecule has 3 fully saturated rings. The van der Waals surface area contributed by atoms with Crippen molar-refractivity contribution in [3.63, 3.8) is 0 Å². The van der Waals surface area contributed by atoms with Gasteiger partial charge in [-0.15, -0.1) is 0 Å². The molecular formula is C34H52N2O2. The van der Waals surface area contributed by atoms with Gasteiger partial charge in [0.1, 0.15) is 0 Å². The van der Waals surface area contributed by atoms with Gasteiger partial charge in [-0.1, -0.05) is 98.2 Å². The average Bonchev–Trinajstić information content (AvgIpc) is 2.97. The Morgan fingerprint density at radius 2 is 1.53 bits per heavy atom. The summed E-state index contributed by atoms with van der Waals surface area (Å²) < 4.78 is 60.6. The number of hydrogen-bond donors (Lipinski definition) is 1. The quantitative estimate of drug-likeness (QED) is 0.452. The van der Waals surface area contributed by atoms with Crippen molar-refractivity contribution < 1.29 is 19.4 Å². The number of aliphatic hydroxyl groups is 1. The largest absolute Gasteiger partial charge is 0.389 e. The minimum absolute atomic E-state index is 0.0263. The van der Waals surface area contributed by atoms with Gasteiger partial charge in [-0.2, -0.15) is 0 Å². The van der Waals surface area contributed by atoms with Crippen molar-refractivity contribution in [1.82, 2.24) is 9.80 Å². The van der Waals surface area contributed by atoms with Crippen molar-refractivity contribution in [1.29, 1.82) is 0 Å². The number of likely N-dealkylation sites (N-methyl/N-ethyl adjacent to an activating group) is 2. The van der Waals surface area contributed by atoms with Crippen LogP contribution >= 0.6 is 0 Å². The Bertz CT molecular complexity index is 1210. The molecule has 0 radical (unpaired) electrons. The molecule has 2 unspecified atom stereocenters. The molecule has 1 aliphatic heterocycles. The molecule has 2 saturated carbocycles. The summed E-state index contributed by atoms with van der Waals surface area (Å²) in [5.74, 6) is -0.163. The zero-order chi connectivity index (χ0) is 33.0. The lowest BCUT2D eigenvalue weighted by Gasteiger charge is -2.49. The van der Waals surface area contributed by atoms with Crippen LogP contribution in [0.15, 0.2) is 48.5 Å².